The number of nitrogens with one attached hydrogen (secondary N) is 1. The first kappa shape index (κ1) is 11.2. The van der Waals surface area contributed by atoms with Crippen LogP contribution in [0.15, 0.2) is 24.3 Å². The zero-order valence-electron chi connectivity index (χ0n) is 10.7. The van der Waals surface area contributed by atoms with Gasteiger partial charge in [-0.05, 0) is 43.8 Å². The van der Waals surface area contributed by atoms with E-state index >= 15 is 0 Å². The first-order chi connectivity index (χ1) is 8.26. The van der Waals surface area contributed by atoms with Gasteiger partial charge < -0.3 is 5.32 Å². The third-order valence-electron chi connectivity index (χ3n) is 4.44. The molecule has 2 heterocycles. The number of piperidine rings is 1. The second-order valence-electron chi connectivity index (χ2n) is 5.87. The van der Waals surface area contributed by atoms with Gasteiger partial charge in [0, 0.05) is 19.6 Å². The molecule has 2 aliphatic heterocycles. The molecule has 1 spiro atoms. The summed E-state index contributed by atoms with van der Waals surface area (Å²) in [6.07, 6.45) is 2.76. The van der Waals surface area contributed by atoms with Gasteiger partial charge in [-0.2, -0.15) is 0 Å². The van der Waals surface area contributed by atoms with Crippen molar-refractivity contribution in [3.63, 3.8) is 0 Å². The van der Waals surface area contributed by atoms with Gasteiger partial charge in [-0.25, -0.2) is 0 Å². The van der Waals surface area contributed by atoms with Crippen LogP contribution in [0.2, 0.25) is 0 Å². The fourth-order valence-corrected chi connectivity index (χ4v) is 2.97. The number of nitrogens with zero attached hydrogens (tertiary/aromatic N) is 1. The Morgan fingerprint density at radius 1 is 1.12 bits per heavy atom. The van der Waals surface area contributed by atoms with E-state index in [1.807, 2.05) is 0 Å². The van der Waals surface area contributed by atoms with Crippen LogP contribution in [0.5, 0.6) is 0 Å². The van der Waals surface area contributed by atoms with Crippen LogP contribution < -0.4 is 5.32 Å². The number of aryl methyl sites for hydroxylation is 1. The Bertz CT molecular complexity index is 368. The Hall–Kier alpha value is -0.860. The highest BCUT2D eigenvalue weighted by Crippen LogP contribution is 2.35. The molecule has 2 heteroatoms. The molecular weight excluding hydrogens is 208 g/mol. The van der Waals surface area contributed by atoms with Crippen molar-refractivity contribution in [2.45, 2.75) is 26.3 Å². The summed E-state index contributed by atoms with van der Waals surface area (Å²) >= 11 is 0. The van der Waals surface area contributed by atoms with E-state index in [1.54, 1.807) is 0 Å². The van der Waals surface area contributed by atoms with Crippen LogP contribution >= 0.6 is 0 Å². The van der Waals surface area contributed by atoms with Crippen molar-refractivity contribution in [3.05, 3.63) is 35.4 Å². The van der Waals surface area contributed by atoms with E-state index in [0.29, 0.717) is 5.41 Å². The van der Waals surface area contributed by atoms with E-state index in [-0.39, 0.29) is 0 Å². The molecule has 0 saturated carbocycles. The molecule has 0 radical (unpaired) electrons. The molecule has 0 amide bonds. The summed E-state index contributed by atoms with van der Waals surface area (Å²) in [7, 11) is 0. The topological polar surface area (TPSA) is 15.3 Å². The van der Waals surface area contributed by atoms with E-state index in [9.17, 15) is 0 Å². The van der Waals surface area contributed by atoms with Crippen LogP contribution in [0.4, 0.5) is 0 Å². The molecule has 0 bridgehead atoms. The Kier molecular flexibility index (Phi) is 2.93. The molecule has 0 aromatic heterocycles. The lowest BCUT2D eigenvalue weighted by molar-refractivity contribution is 0.0520. The fourth-order valence-electron chi connectivity index (χ4n) is 2.97. The van der Waals surface area contributed by atoms with E-state index in [2.05, 4.69) is 41.4 Å². The normalized spacial score (nSPS) is 23.6. The molecule has 1 N–H and O–H groups in total. The van der Waals surface area contributed by atoms with Gasteiger partial charge in [0.15, 0.2) is 0 Å². The highest BCUT2D eigenvalue weighted by Gasteiger charge is 2.39. The predicted molar refractivity (Wildman–Crippen MR) is 71.0 cm³/mol. The third-order valence-corrected chi connectivity index (χ3v) is 4.44. The smallest absolute Gasteiger partial charge is 0.0233 e. The maximum atomic E-state index is 3.42. The summed E-state index contributed by atoms with van der Waals surface area (Å²) in [5.41, 5.74) is 3.48. The van der Waals surface area contributed by atoms with Crippen molar-refractivity contribution in [1.82, 2.24) is 10.2 Å². The molecule has 1 aromatic carbocycles. The van der Waals surface area contributed by atoms with Gasteiger partial charge >= 0.3 is 0 Å². The molecular formula is C15H22N2. The maximum absolute atomic E-state index is 3.42. The van der Waals surface area contributed by atoms with Crippen molar-refractivity contribution in [1.29, 1.82) is 0 Å². The maximum Gasteiger partial charge on any atom is 0.0233 e. The van der Waals surface area contributed by atoms with Crippen LogP contribution in [0.25, 0.3) is 0 Å². The highest BCUT2D eigenvalue weighted by atomic mass is 15.1. The molecule has 2 saturated heterocycles. The average molecular weight is 230 g/mol. The molecule has 3 rings (SSSR count). The second kappa shape index (κ2) is 4.43. The molecule has 2 nitrogen and oxygen atoms in total. The van der Waals surface area contributed by atoms with Gasteiger partial charge in [0.2, 0.25) is 0 Å². The Morgan fingerprint density at radius 2 is 1.76 bits per heavy atom. The second-order valence-corrected chi connectivity index (χ2v) is 5.87. The minimum Gasteiger partial charge on any atom is -0.316 e. The van der Waals surface area contributed by atoms with Crippen molar-refractivity contribution in [2.24, 2.45) is 5.41 Å². The Labute approximate surface area is 104 Å². The van der Waals surface area contributed by atoms with E-state index in [4.69, 9.17) is 0 Å². The largest absolute Gasteiger partial charge is 0.316 e. The van der Waals surface area contributed by atoms with Crippen LogP contribution in [0, 0.1) is 12.3 Å². The van der Waals surface area contributed by atoms with Crippen LogP contribution in [-0.4, -0.2) is 31.1 Å². The minimum absolute atomic E-state index is 0.670. The lowest BCUT2D eigenvalue weighted by Gasteiger charge is -2.48. The number of hydrogen-bond acceptors (Lipinski definition) is 2. The summed E-state index contributed by atoms with van der Waals surface area (Å²) in [5, 5.41) is 3.42. The average Bonchev–Trinajstić information content (AvgIpc) is 2.31. The molecule has 17 heavy (non-hydrogen) atoms. The van der Waals surface area contributed by atoms with Crippen molar-refractivity contribution < 1.29 is 0 Å². The summed E-state index contributed by atoms with van der Waals surface area (Å²) < 4.78 is 0. The monoisotopic (exact) mass is 230 g/mol. The number of likely N-dealkylation sites (tertiary alicyclic amines) is 1. The van der Waals surface area contributed by atoms with E-state index < -0.39 is 0 Å². The zero-order chi connectivity index (χ0) is 11.7. The van der Waals surface area contributed by atoms with Crippen molar-refractivity contribution >= 4 is 0 Å². The van der Waals surface area contributed by atoms with Crippen LogP contribution in [0.1, 0.15) is 24.0 Å². The number of rotatable bonds is 2. The van der Waals surface area contributed by atoms with Gasteiger partial charge in [-0.1, -0.05) is 29.8 Å². The zero-order valence-corrected chi connectivity index (χ0v) is 10.7. The highest BCUT2D eigenvalue weighted by molar-refractivity contribution is 5.21. The first-order valence-corrected chi connectivity index (χ1v) is 6.74. The molecule has 0 atom stereocenters. The van der Waals surface area contributed by atoms with E-state index in [0.717, 1.165) is 6.54 Å². The van der Waals surface area contributed by atoms with E-state index in [1.165, 1.54) is 50.1 Å². The molecule has 0 aliphatic carbocycles. The lowest BCUT2D eigenvalue weighted by Crippen LogP contribution is -2.58. The van der Waals surface area contributed by atoms with Gasteiger partial charge in [-0.15, -0.1) is 0 Å². The quantitative estimate of drug-likeness (QED) is 0.838. The summed E-state index contributed by atoms with van der Waals surface area (Å²) in [6, 6.07) is 8.97. The number of benzene rings is 1. The summed E-state index contributed by atoms with van der Waals surface area (Å²) in [5.74, 6) is 0. The lowest BCUT2D eigenvalue weighted by atomic mass is 9.73. The third kappa shape index (κ3) is 2.38. The van der Waals surface area contributed by atoms with Gasteiger partial charge in [0.1, 0.15) is 0 Å². The van der Waals surface area contributed by atoms with Gasteiger partial charge in [0.25, 0.3) is 0 Å². The Balaban J connectivity index is 1.55. The minimum atomic E-state index is 0.670. The molecule has 1 aromatic rings. The van der Waals surface area contributed by atoms with Crippen LogP contribution in [-0.2, 0) is 6.54 Å². The van der Waals surface area contributed by atoms with Crippen molar-refractivity contribution in [3.8, 4) is 0 Å². The molecule has 92 valence electrons. The molecule has 0 unspecified atom stereocenters. The first-order valence-electron chi connectivity index (χ1n) is 6.74. The van der Waals surface area contributed by atoms with Crippen LogP contribution in [0.3, 0.4) is 0 Å². The summed E-state index contributed by atoms with van der Waals surface area (Å²) in [4.78, 5) is 2.61. The standard InChI is InChI=1S/C15H22N2/c1-13-2-4-14(5-3-13)10-17-8-6-15(7-9-17)11-16-12-15/h2-5,16H,6-12H2,1H3. The molecule has 2 fully saturated rings. The van der Waals surface area contributed by atoms with Crippen molar-refractivity contribution in [2.75, 3.05) is 26.2 Å². The van der Waals surface area contributed by atoms with Gasteiger partial charge in [-0.3, -0.25) is 4.90 Å². The predicted octanol–water partition coefficient (Wildman–Crippen LogP) is 2.18. The SMILES string of the molecule is Cc1ccc(CN2CCC3(CC2)CNC3)cc1. The Morgan fingerprint density at radius 3 is 2.29 bits per heavy atom. The summed E-state index contributed by atoms with van der Waals surface area (Å²) in [6.45, 7) is 8.34. The van der Waals surface area contributed by atoms with Gasteiger partial charge in [0.05, 0.1) is 0 Å². The fraction of sp³-hybridized carbons (Fsp3) is 0.600. The number of hydrogen-bond donors (Lipinski definition) is 1. The molecule has 2 aliphatic rings.